The Morgan fingerprint density at radius 1 is 1.50 bits per heavy atom. The van der Waals surface area contributed by atoms with E-state index in [0.29, 0.717) is 13.1 Å². The summed E-state index contributed by atoms with van der Waals surface area (Å²) in [5.41, 5.74) is 1.09. The van der Waals surface area contributed by atoms with Crippen molar-refractivity contribution in [3.05, 3.63) is 34.3 Å². The van der Waals surface area contributed by atoms with Crippen molar-refractivity contribution in [2.24, 2.45) is 0 Å². The van der Waals surface area contributed by atoms with E-state index in [9.17, 15) is 4.79 Å². The van der Waals surface area contributed by atoms with Gasteiger partial charge in [0.2, 0.25) is 5.91 Å². The van der Waals surface area contributed by atoms with Crippen LogP contribution in [0.15, 0.2) is 28.7 Å². The molecule has 0 unspecified atom stereocenters. The maximum Gasteiger partial charge on any atom is 0.234 e. The fraction of sp³-hybridized carbons (Fsp3) is 0.300. The Kier molecular flexibility index (Phi) is 4.62. The summed E-state index contributed by atoms with van der Waals surface area (Å²) in [6.07, 6.45) is 0. The molecule has 2 N–H and O–H groups in total. The zero-order chi connectivity index (χ0) is 10.4. The van der Waals surface area contributed by atoms with Gasteiger partial charge in [0.25, 0.3) is 0 Å². The van der Waals surface area contributed by atoms with Gasteiger partial charge in [-0.2, -0.15) is 0 Å². The summed E-state index contributed by atoms with van der Waals surface area (Å²) in [7, 11) is 1.75. The van der Waals surface area contributed by atoms with Crippen molar-refractivity contribution < 1.29 is 4.79 Å². The first kappa shape index (κ1) is 11.2. The van der Waals surface area contributed by atoms with Gasteiger partial charge in [0.15, 0.2) is 0 Å². The molecular formula is C10H13BrN2O. The molecule has 0 fully saturated rings. The first-order valence-corrected chi connectivity index (χ1v) is 5.17. The average Bonchev–Trinajstić information content (AvgIpc) is 2.15. The van der Waals surface area contributed by atoms with Gasteiger partial charge in [0, 0.05) is 11.0 Å². The van der Waals surface area contributed by atoms with E-state index in [4.69, 9.17) is 0 Å². The highest BCUT2D eigenvalue weighted by atomic mass is 79.9. The van der Waals surface area contributed by atoms with Crippen LogP contribution in [0.2, 0.25) is 0 Å². The number of carbonyl (C=O) groups is 1. The van der Waals surface area contributed by atoms with E-state index in [-0.39, 0.29) is 5.91 Å². The summed E-state index contributed by atoms with van der Waals surface area (Å²) in [5.74, 6) is 0.00692. The lowest BCUT2D eigenvalue weighted by Gasteiger charge is -2.04. The molecule has 4 heteroatoms. The summed E-state index contributed by atoms with van der Waals surface area (Å²) in [6.45, 7) is 0.925. The van der Waals surface area contributed by atoms with Gasteiger partial charge in [-0.3, -0.25) is 4.79 Å². The predicted molar refractivity (Wildman–Crippen MR) is 59.9 cm³/mol. The van der Waals surface area contributed by atoms with E-state index < -0.39 is 0 Å². The molecule has 0 atom stereocenters. The minimum Gasteiger partial charge on any atom is -0.351 e. The van der Waals surface area contributed by atoms with Crippen LogP contribution in [0.1, 0.15) is 5.56 Å². The Morgan fingerprint density at radius 3 is 2.93 bits per heavy atom. The summed E-state index contributed by atoms with van der Waals surface area (Å²) in [6, 6.07) is 7.87. The normalized spacial score (nSPS) is 9.86. The van der Waals surface area contributed by atoms with Crippen molar-refractivity contribution in [1.29, 1.82) is 0 Å². The number of hydrogen-bond donors (Lipinski definition) is 2. The molecule has 0 bridgehead atoms. The molecule has 76 valence electrons. The number of benzene rings is 1. The zero-order valence-electron chi connectivity index (χ0n) is 8.01. The Morgan fingerprint density at radius 2 is 2.29 bits per heavy atom. The van der Waals surface area contributed by atoms with Gasteiger partial charge in [-0.1, -0.05) is 28.1 Å². The van der Waals surface area contributed by atoms with Crippen LogP contribution in [0.25, 0.3) is 0 Å². The van der Waals surface area contributed by atoms with E-state index >= 15 is 0 Å². The topological polar surface area (TPSA) is 41.1 Å². The number of halogens is 1. The Labute approximate surface area is 92.0 Å². The molecule has 1 amide bonds. The summed E-state index contributed by atoms with van der Waals surface area (Å²) in [4.78, 5) is 11.1. The van der Waals surface area contributed by atoms with Crippen LogP contribution in [0.5, 0.6) is 0 Å². The highest BCUT2D eigenvalue weighted by Gasteiger charge is 1.98. The number of nitrogens with one attached hydrogen (secondary N) is 2. The van der Waals surface area contributed by atoms with Crippen LogP contribution in [-0.2, 0) is 11.3 Å². The minimum atomic E-state index is 0.00692. The van der Waals surface area contributed by atoms with E-state index in [2.05, 4.69) is 26.6 Å². The molecule has 0 radical (unpaired) electrons. The van der Waals surface area contributed by atoms with Crippen LogP contribution >= 0.6 is 15.9 Å². The maximum absolute atomic E-state index is 11.1. The molecule has 0 aromatic heterocycles. The average molecular weight is 257 g/mol. The second-order valence-electron chi connectivity index (χ2n) is 2.94. The van der Waals surface area contributed by atoms with Gasteiger partial charge in [0.1, 0.15) is 0 Å². The van der Waals surface area contributed by atoms with Crippen molar-refractivity contribution in [3.63, 3.8) is 0 Å². The second kappa shape index (κ2) is 5.78. The smallest absolute Gasteiger partial charge is 0.234 e. The van der Waals surface area contributed by atoms with Gasteiger partial charge in [-0.15, -0.1) is 0 Å². The van der Waals surface area contributed by atoms with Crippen LogP contribution in [0.4, 0.5) is 0 Å². The van der Waals surface area contributed by atoms with Crippen LogP contribution in [0.3, 0.4) is 0 Å². The Balaban J connectivity index is 2.41. The van der Waals surface area contributed by atoms with Gasteiger partial charge >= 0.3 is 0 Å². The summed E-state index contributed by atoms with van der Waals surface area (Å²) >= 11 is 3.37. The molecule has 0 heterocycles. The second-order valence-corrected chi connectivity index (χ2v) is 3.85. The SMILES string of the molecule is CNCC(=O)NCc1cccc(Br)c1. The third-order valence-corrected chi connectivity index (χ3v) is 2.21. The van der Waals surface area contributed by atoms with Gasteiger partial charge < -0.3 is 10.6 Å². The first-order valence-electron chi connectivity index (χ1n) is 4.38. The lowest BCUT2D eigenvalue weighted by Crippen LogP contribution is -2.31. The van der Waals surface area contributed by atoms with Crippen LogP contribution in [-0.4, -0.2) is 19.5 Å². The molecule has 3 nitrogen and oxygen atoms in total. The third-order valence-electron chi connectivity index (χ3n) is 1.72. The number of likely N-dealkylation sites (N-methyl/N-ethyl adjacent to an activating group) is 1. The number of hydrogen-bond acceptors (Lipinski definition) is 2. The minimum absolute atomic E-state index is 0.00692. The molecule has 0 spiro atoms. The molecule has 14 heavy (non-hydrogen) atoms. The number of carbonyl (C=O) groups excluding carboxylic acids is 1. The molecule has 0 aliphatic carbocycles. The van der Waals surface area contributed by atoms with E-state index in [1.807, 2.05) is 24.3 Å². The fourth-order valence-corrected chi connectivity index (χ4v) is 1.52. The van der Waals surface area contributed by atoms with Crippen molar-refractivity contribution in [2.75, 3.05) is 13.6 Å². The van der Waals surface area contributed by atoms with E-state index in [0.717, 1.165) is 10.0 Å². The molecule has 1 rings (SSSR count). The lowest BCUT2D eigenvalue weighted by atomic mass is 10.2. The van der Waals surface area contributed by atoms with Crippen molar-refractivity contribution in [2.45, 2.75) is 6.54 Å². The van der Waals surface area contributed by atoms with Crippen molar-refractivity contribution in [1.82, 2.24) is 10.6 Å². The fourth-order valence-electron chi connectivity index (χ4n) is 1.07. The molecule has 0 aliphatic rings. The number of amides is 1. The van der Waals surface area contributed by atoms with Crippen LogP contribution in [0, 0.1) is 0 Å². The summed E-state index contributed by atoms with van der Waals surface area (Å²) < 4.78 is 1.03. The van der Waals surface area contributed by atoms with E-state index in [1.54, 1.807) is 7.05 Å². The van der Waals surface area contributed by atoms with Gasteiger partial charge in [0.05, 0.1) is 6.54 Å². The molecule has 0 saturated carbocycles. The Hall–Kier alpha value is -0.870. The molecule has 1 aromatic rings. The zero-order valence-corrected chi connectivity index (χ0v) is 9.60. The Bertz CT molecular complexity index is 315. The van der Waals surface area contributed by atoms with Gasteiger partial charge in [-0.05, 0) is 24.7 Å². The van der Waals surface area contributed by atoms with Gasteiger partial charge in [-0.25, -0.2) is 0 Å². The molecular weight excluding hydrogens is 244 g/mol. The monoisotopic (exact) mass is 256 g/mol. The highest BCUT2D eigenvalue weighted by molar-refractivity contribution is 9.10. The standard InChI is InChI=1S/C10H13BrN2O/c1-12-7-10(14)13-6-8-3-2-4-9(11)5-8/h2-5,12H,6-7H2,1H3,(H,13,14). The van der Waals surface area contributed by atoms with Crippen molar-refractivity contribution >= 4 is 21.8 Å². The van der Waals surface area contributed by atoms with Crippen LogP contribution < -0.4 is 10.6 Å². The summed E-state index contributed by atoms with van der Waals surface area (Å²) in [5, 5.41) is 5.60. The third kappa shape index (κ3) is 3.89. The quantitative estimate of drug-likeness (QED) is 0.853. The molecule has 1 aromatic carbocycles. The molecule has 0 saturated heterocycles. The highest BCUT2D eigenvalue weighted by Crippen LogP contribution is 2.11. The lowest BCUT2D eigenvalue weighted by molar-refractivity contribution is -0.120. The number of rotatable bonds is 4. The van der Waals surface area contributed by atoms with E-state index in [1.165, 1.54) is 0 Å². The largest absolute Gasteiger partial charge is 0.351 e. The van der Waals surface area contributed by atoms with Crippen molar-refractivity contribution in [3.8, 4) is 0 Å². The maximum atomic E-state index is 11.1. The molecule has 0 aliphatic heterocycles. The predicted octanol–water partition coefficient (Wildman–Crippen LogP) is 1.28. The first-order chi connectivity index (χ1) is 6.72.